The number of aliphatic hydroxyl groups is 1. The molecule has 3 nitrogen and oxygen atoms in total. The Bertz CT molecular complexity index is 501. The SMILES string of the molecule is NCC[C@H](O)c1c(Cl)ccc2cccnc12. The summed E-state index contributed by atoms with van der Waals surface area (Å²) in [7, 11) is 0. The van der Waals surface area contributed by atoms with Crippen molar-refractivity contribution in [2.75, 3.05) is 6.54 Å². The standard InChI is InChI=1S/C12H13ClN2O/c13-9-4-3-8-2-1-7-15-12(8)11(9)10(16)5-6-14/h1-4,7,10,16H,5-6,14H2/t10-/m0/s1. The number of nitrogens with two attached hydrogens (primary N) is 1. The summed E-state index contributed by atoms with van der Waals surface area (Å²) in [5, 5.41) is 11.5. The average Bonchev–Trinajstić information content (AvgIpc) is 2.29. The van der Waals surface area contributed by atoms with E-state index in [1.165, 1.54) is 0 Å². The summed E-state index contributed by atoms with van der Waals surface area (Å²) < 4.78 is 0. The molecule has 84 valence electrons. The number of aliphatic hydroxyl groups excluding tert-OH is 1. The molecular weight excluding hydrogens is 224 g/mol. The molecule has 1 aromatic heterocycles. The van der Waals surface area contributed by atoms with Crippen molar-refractivity contribution in [3.05, 3.63) is 41.0 Å². The van der Waals surface area contributed by atoms with Crippen LogP contribution in [0.3, 0.4) is 0 Å². The molecule has 0 saturated carbocycles. The molecule has 0 aliphatic rings. The van der Waals surface area contributed by atoms with E-state index in [2.05, 4.69) is 4.98 Å². The molecule has 2 aromatic rings. The topological polar surface area (TPSA) is 59.1 Å². The van der Waals surface area contributed by atoms with E-state index in [0.29, 0.717) is 23.6 Å². The van der Waals surface area contributed by atoms with Crippen LogP contribution in [0.4, 0.5) is 0 Å². The van der Waals surface area contributed by atoms with Crippen LogP contribution in [0, 0.1) is 0 Å². The number of benzene rings is 1. The summed E-state index contributed by atoms with van der Waals surface area (Å²) in [5.41, 5.74) is 6.86. The number of fused-ring (bicyclic) bond motifs is 1. The highest BCUT2D eigenvalue weighted by atomic mass is 35.5. The smallest absolute Gasteiger partial charge is 0.0837 e. The first-order valence-corrected chi connectivity index (χ1v) is 5.53. The molecule has 0 bridgehead atoms. The van der Waals surface area contributed by atoms with Gasteiger partial charge in [-0.05, 0) is 25.1 Å². The highest BCUT2D eigenvalue weighted by Gasteiger charge is 2.15. The Labute approximate surface area is 98.9 Å². The van der Waals surface area contributed by atoms with E-state index >= 15 is 0 Å². The summed E-state index contributed by atoms with van der Waals surface area (Å²) in [6.45, 7) is 0.417. The summed E-state index contributed by atoms with van der Waals surface area (Å²) in [4.78, 5) is 4.26. The van der Waals surface area contributed by atoms with Crippen molar-refractivity contribution in [3.63, 3.8) is 0 Å². The van der Waals surface area contributed by atoms with Gasteiger partial charge in [0.15, 0.2) is 0 Å². The summed E-state index contributed by atoms with van der Waals surface area (Å²) in [5.74, 6) is 0. The zero-order valence-electron chi connectivity index (χ0n) is 8.73. The fourth-order valence-corrected chi connectivity index (χ4v) is 2.04. The fraction of sp³-hybridized carbons (Fsp3) is 0.250. The Kier molecular flexibility index (Phi) is 3.39. The molecule has 0 fully saturated rings. The molecule has 0 unspecified atom stereocenters. The van der Waals surface area contributed by atoms with Gasteiger partial charge in [0.1, 0.15) is 0 Å². The Hall–Kier alpha value is -1.16. The highest BCUT2D eigenvalue weighted by molar-refractivity contribution is 6.32. The van der Waals surface area contributed by atoms with Crippen LogP contribution < -0.4 is 5.73 Å². The molecule has 4 heteroatoms. The zero-order chi connectivity index (χ0) is 11.5. The summed E-state index contributed by atoms with van der Waals surface area (Å²) in [6, 6.07) is 7.47. The average molecular weight is 237 g/mol. The molecule has 16 heavy (non-hydrogen) atoms. The van der Waals surface area contributed by atoms with Gasteiger partial charge >= 0.3 is 0 Å². The van der Waals surface area contributed by atoms with Crippen LogP contribution in [0.25, 0.3) is 10.9 Å². The van der Waals surface area contributed by atoms with Gasteiger partial charge in [-0.15, -0.1) is 0 Å². The second-order valence-electron chi connectivity index (χ2n) is 3.63. The highest BCUT2D eigenvalue weighted by Crippen LogP contribution is 2.31. The number of rotatable bonds is 3. The fourth-order valence-electron chi connectivity index (χ4n) is 1.76. The number of aromatic nitrogens is 1. The van der Waals surface area contributed by atoms with Crippen molar-refractivity contribution < 1.29 is 5.11 Å². The molecule has 2 rings (SSSR count). The normalized spacial score (nSPS) is 12.9. The molecule has 3 N–H and O–H groups in total. The van der Waals surface area contributed by atoms with Crippen LogP contribution >= 0.6 is 11.6 Å². The Morgan fingerprint density at radius 3 is 2.94 bits per heavy atom. The van der Waals surface area contributed by atoms with E-state index in [1.54, 1.807) is 12.3 Å². The number of pyridine rings is 1. The van der Waals surface area contributed by atoms with Gasteiger partial charge in [0, 0.05) is 22.2 Å². The maximum atomic E-state index is 9.99. The first-order chi connectivity index (χ1) is 7.74. The van der Waals surface area contributed by atoms with Crippen LogP contribution in [0.2, 0.25) is 5.02 Å². The molecule has 0 radical (unpaired) electrons. The molecule has 1 heterocycles. The lowest BCUT2D eigenvalue weighted by Gasteiger charge is -2.13. The van der Waals surface area contributed by atoms with Gasteiger partial charge in [0.25, 0.3) is 0 Å². The van der Waals surface area contributed by atoms with Gasteiger partial charge in [0.2, 0.25) is 0 Å². The van der Waals surface area contributed by atoms with Crippen molar-refractivity contribution in [1.29, 1.82) is 0 Å². The molecule has 0 spiro atoms. The van der Waals surface area contributed by atoms with Crippen LogP contribution in [-0.2, 0) is 0 Å². The van der Waals surface area contributed by atoms with Gasteiger partial charge in [-0.1, -0.05) is 23.7 Å². The van der Waals surface area contributed by atoms with E-state index in [-0.39, 0.29) is 0 Å². The minimum Gasteiger partial charge on any atom is -0.388 e. The lowest BCUT2D eigenvalue weighted by atomic mass is 10.0. The van der Waals surface area contributed by atoms with E-state index in [9.17, 15) is 5.11 Å². The van der Waals surface area contributed by atoms with Gasteiger partial charge in [-0.3, -0.25) is 4.98 Å². The van der Waals surface area contributed by atoms with Crippen molar-refractivity contribution in [1.82, 2.24) is 4.98 Å². The monoisotopic (exact) mass is 236 g/mol. The molecule has 1 atom stereocenters. The Balaban J connectivity index is 2.61. The molecule has 1 aromatic carbocycles. The lowest BCUT2D eigenvalue weighted by molar-refractivity contribution is 0.172. The van der Waals surface area contributed by atoms with Gasteiger partial charge in [-0.25, -0.2) is 0 Å². The number of hydrogen-bond donors (Lipinski definition) is 2. The molecule has 0 aliphatic heterocycles. The molecule has 0 aliphatic carbocycles. The minimum atomic E-state index is -0.656. The van der Waals surface area contributed by atoms with Crippen LogP contribution in [-0.4, -0.2) is 16.6 Å². The third-order valence-electron chi connectivity index (χ3n) is 2.53. The lowest BCUT2D eigenvalue weighted by Crippen LogP contribution is -2.08. The predicted molar refractivity (Wildman–Crippen MR) is 65.4 cm³/mol. The van der Waals surface area contributed by atoms with Gasteiger partial charge in [-0.2, -0.15) is 0 Å². The summed E-state index contributed by atoms with van der Waals surface area (Å²) >= 11 is 6.09. The first-order valence-electron chi connectivity index (χ1n) is 5.15. The largest absolute Gasteiger partial charge is 0.388 e. The van der Waals surface area contributed by atoms with Crippen LogP contribution in [0.1, 0.15) is 18.1 Å². The predicted octanol–water partition coefficient (Wildman–Crippen LogP) is 2.27. The van der Waals surface area contributed by atoms with E-state index < -0.39 is 6.10 Å². The number of nitrogens with zero attached hydrogens (tertiary/aromatic N) is 1. The molecule has 0 saturated heterocycles. The Morgan fingerprint density at radius 1 is 1.38 bits per heavy atom. The van der Waals surface area contributed by atoms with E-state index in [4.69, 9.17) is 17.3 Å². The number of halogens is 1. The molecule has 0 amide bonds. The zero-order valence-corrected chi connectivity index (χ0v) is 9.48. The van der Waals surface area contributed by atoms with Crippen molar-refractivity contribution >= 4 is 22.5 Å². The third kappa shape index (κ3) is 2.02. The van der Waals surface area contributed by atoms with Crippen LogP contribution in [0.5, 0.6) is 0 Å². The van der Waals surface area contributed by atoms with E-state index in [1.807, 2.05) is 18.2 Å². The molecular formula is C12H13ClN2O. The van der Waals surface area contributed by atoms with Crippen molar-refractivity contribution in [2.45, 2.75) is 12.5 Å². The second kappa shape index (κ2) is 4.78. The Morgan fingerprint density at radius 2 is 2.19 bits per heavy atom. The van der Waals surface area contributed by atoms with Gasteiger partial charge in [0.05, 0.1) is 11.6 Å². The van der Waals surface area contributed by atoms with Gasteiger partial charge < -0.3 is 10.8 Å². The third-order valence-corrected chi connectivity index (χ3v) is 2.86. The maximum Gasteiger partial charge on any atom is 0.0837 e. The van der Waals surface area contributed by atoms with Crippen LogP contribution in [0.15, 0.2) is 30.5 Å². The second-order valence-corrected chi connectivity index (χ2v) is 4.04. The van der Waals surface area contributed by atoms with E-state index in [0.717, 1.165) is 10.9 Å². The first kappa shape index (κ1) is 11.3. The minimum absolute atomic E-state index is 0.417. The summed E-state index contributed by atoms with van der Waals surface area (Å²) in [6.07, 6.45) is 1.52. The maximum absolute atomic E-state index is 9.99. The van der Waals surface area contributed by atoms with Crippen molar-refractivity contribution in [3.8, 4) is 0 Å². The quantitative estimate of drug-likeness (QED) is 0.860. The van der Waals surface area contributed by atoms with Crippen molar-refractivity contribution in [2.24, 2.45) is 5.73 Å². The number of hydrogen-bond acceptors (Lipinski definition) is 3.